The minimum atomic E-state index is -0.507. The van der Waals surface area contributed by atoms with E-state index in [0.717, 1.165) is 16.6 Å². The molecule has 0 N–H and O–H groups in total. The Balaban J connectivity index is 2.07. The topological polar surface area (TPSA) is 61.4 Å². The first kappa shape index (κ1) is 15.1. The molecule has 0 radical (unpaired) electrons. The quantitative estimate of drug-likeness (QED) is 0.698. The number of nitrogens with zero attached hydrogens (tertiary/aromatic N) is 1. The molecule has 0 spiro atoms. The van der Waals surface area contributed by atoms with Crippen molar-refractivity contribution in [2.45, 2.75) is 20.4 Å². The number of benzene rings is 1. The van der Waals surface area contributed by atoms with E-state index in [4.69, 9.17) is 4.42 Å². The van der Waals surface area contributed by atoms with E-state index >= 15 is 0 Å². The second-order valence-corrected chi connectivity index (χ2v) is 5.54. The molecule has 3 rings (SSSR count). The first-order valence-corrected chi connectivity index (χ1v) is 7.27. The largest absolute Gasteiger partial charge is 0.463 e. The highest BCUT2D eigenvalue weighted by atomic mass is 16.5. The van der Waals surface area contributed by atoms with Crippen LogP contribution in [-0.2, 0) is 11.3 Å². The molecule has 0 bridgehead atoms. The van der Waals surface area contributed by atoms with Gasteiger partial charge in [0, 0.05) is 17.6 Å². The number of ether oxygens (including phenoxy) is 1. The highest BCUT2D eigenvalue weighted by Gasteiger charge is 2.12. The second kappa shape index (κ2) is 5.76. The van der Waals surface area contributed by atoms with Crippen molar-refractivity contribution in [3.63, 3.8) is 0 Å². The molecule has 5 heteroatoms. The van der Waals surface area contributed by atoms with Crippen LogP contribution < -0.4 is 5.43 Å². The lowest BCUT2D eigenvalue weighted by molar-refractivity contribution is 0.0563. The summed E-state index contributed by atoms with van der Waals surface area (Å²) in [5, 5.41) is 0.706. The van der Waals surface area contributed by atoms with Crippen LogP contribution in [0.1, 0.15) is 27.4 Å². The summed E-state index contributed by atoms with van der Waals surface area (Å²) in [7, 11) is 1.31. The van der Waals surface area contributed by atoms with Crippen LogP contribution in [0.2, 0.25) is 0 Å². The van der Waals surface area contributed by atoms with Crippen LogP contribution in [0.3, 0.4) is 0 Å². The maximum absolute atomic E-state index is 12.1. The molecule has 0 amide bonds. The number of pyridine rings is 1. The lowest BCUT2D eigenvalue weighted by Crippen LogP contribution is -2.10. The number of hydrogen-bond acceptors (Lipinski definition) is 4. The Hall–Kier alpha value is -2.82. The number of fused-ring (bicyclic) bond motifs is 1. The van der Waals surface area contributed by atoms with E-state index < -0.39 is 5.97 Å². The van der Waals surface area contributed by atoms with Crippen LogP contribution in [-0.4, -0.2) is 17.6 Å². The van der Waals surface area contributed by atoms with Crippen LogP contribution in [0.15, 0.2) is 45.7 Å². The Morgan fingerprint density at radius 2 is 2.00 bits per heavy atom. The minimum absolute atomic E-state index is 0.00319. The standard InChI is InChI=1S/C18H17NO4/c1-11-8-12(2)17-14(9-11)19(7-6-15(17)20)10-13-4-5-16(23-13)18(21)22-3/h4-9H,10H2,1-3H3. The number of esters is 1. The third kappa shape index (κ3) is 2.77. The molecular weight excluding hydrogens is 294 g/mol. The monoisotopic (exact) mass is 311 g/mol. The predicted molar refractivity (Wildman–Crippen MR) is 86.8 cm³/mol. The zero-order valence-corrected chi connectivity index (χ0v) is 13.3. The molecule has 1 aromatic carbocycles. The summed E-state index contributed by atoms with van der Waals surface area (Å²) >= 11 is 0. The molecule has 0 aliphatic carbocycles. The fourth-order valence-electron chi connectivity index (χ4n) is 2.79. The summed E-state index contributed by atoms with van der Waals surface area (Å²) in [6.45, 7) is 4.36. The minimum Gasteiger partial charge on any atom is -0.463 e. The smallest absolute Gasteiger partial charge is 0.373 e. The number of methoxy groups -OCH3 is 1. The number of carbonyl (C=O) groups excluding carboxylic acids is 1. The van der Waals surface area contributed by atoms with Crippen LogP contribution in [0, 0.1) is 13.8 Å². The number of hydrogen-bond donors (Lipinski definition) is 0. The Bertz CT molecular complexity index is 949. The molecule has 0 fully saturated rings. The van der Waals surface area contributed by atoms with E-state index in [0.29, 0.717) is 17.7 Å². The highest BCUT2D eigenvalue weighted by molar-refractivity contribution is 5.86. The van der Waals surface area contributed by atoms with E-state index in [2.05, 4.69) is 4.74 Å². The lowest BCUT2D eigenvalue weighted by atomic mass is 10.1. The van der Waals surface area contributed by atoms with Crippen LogP contribution >= 0.6 is 0 Å². The highest BCUT2D eigenvalue weighted by Crippen LogP contribution is 2.19. The van der Waals surface area contributed by atoms with Crippen LogP contribution in [0.4, 0.5) is 0 Å². The van der Waals surface area contributed by atoms with Crippen molar-refractivity contribution < 1.29 is 13.9 Å². The Kier molecular flexibility index (Phi) is 3.78. The van der Waals surface area contributed by atoms with Gasteiger partial charge in [-0.2, -0.15) is 0 Å². The van der Waals surface area contributed by atoms with Gasteiger partial charge in [-0.25, -0.2) is 4.79 Å². The molecule has 0 saturated carbocycles. The molecule has 0 unspecified atom stereocenters. The molecule has 5 nitrogen and oxygen atoms in total. The van der Waals surface area contributed by atoms with E-state index in [1.54, 1.807) is 24.4 Å². The zero-order valence-electron chi connectivity index (χ0n) is 13.3. The molecular formula is C18H17NO4. The molecule has 2 heterocycles. The Morgan fingerprint density at radius 1 is 1.22 bits per heavy atom. The first-order valence-electron chi connectivity index (χ1n) is 7.27. The van der Waals surface area contributed by atoms with E-state index in [9.17, 15) is 9.59 Å². The van der Waals surface area contributed by atoms with Gasteiger partial charge in [-0.15, -0.1) is 0 Å². The Labute approximate surface area is 133 Å². The van der Waals surface area contributed by atoms with Gasteiger partial charge in [0.1, 0.15) is 5.76 Å². The van der Waals surface area contributed by atoms with E-state index in [-0.39, 0.29) is 11.2 Å². The average molecular weight is 311 g/mol. The second-order valence-electron chi connectivity index (χ2n) is 5.54. The van der Waals surface area contributed by atoms with E-state index in [1.807, 2.05) is 30.5 Å². The van der Waals surface area contributed by atoms with Crippen molar-refractivity contribution >= 4 is 16.9 Å². The fraction of sp³-hybridized carbons (Fsp3) is 0.222. The lowest BCUT2D eigenvalue weighted by Gasteiger charge is -2.11. The van der Waals surface area contributed by atoms with Crippen molar-refractivity contribution in [1.29, 1.82) is 0 Å². The number of furan rings is 1. The summed E-state index contributed by atoms with van der Waals surface area (Å²) in [6, 6.07) is 8.85. The van der Waals surface area contributed by atoms with Gasteiger partial charge in [0.2, 0.25) is 5.76 Å². The molecule has 118 valence electrons. The van der Waals surface area contributed by atoms with Gasteiger partial charge >= 0.3 is 5.97 Å². The molecule has 0 atom stereocenters. The average Bonchev–Trinajstić information content (AvgIpc) is 2.97. The van der Waals surface area contributed by atoms with Crippen molar-refractivity contribution in [3.8, 4) is 0 Å². The molecule has 0 saturated heterocycles. The Morgan fingerprint density at radius 3 is 2.74 bits per heavy atom. The van der Waals surface area contributed by atoms with Crippen molar-refractivity contribution in [1.82, 2.24) is 4.57 Å². The van der Waals surface area contributed by atoms with Crippen molar-refractivity contribution in [2.75, 3.05) is 7.11 Å². The van der Waals surface area contributed by atoms with Crippen molar-refractivity contribution in [3.05, 3.63) is 69.4 Å². The van der Waals surface area contributed by atoms with Crippen LogP contribution in [0.5, 0.6) is 0 Å². The van der Waals surface area contributed by atoms with Crippen LogP contribution in [0.25, 0.3) is 10.9 Å². The van der Waals surface area contributed by atoms with Gasteiger partial charge in [0.25, 0.3) is 0 Å². The SMILES string of the molecule is COC(=O)c1ccc(Cn2ccc(=O)c3c(C)cc(C)cc32)o1. The summed E-state index contributed by atoms with van der Waals surface area (Å²) in [5.41, 5.74) is 2.90. The third-order valence-corrected chi connectivity index (χ3v) is 3.80. The van der Waals surface area contributed by atoms with Crippen molar-refractivity contribution in [2.24, 2.45) is 0 Å². The zero-order chi connectivity index (χ0) is 16.6. The number of aromatic nitrogens is 1. The van der Waals surface area contributed by atoms with E-state index in [1.165, 1.54) is 7.11 Å². The van der Waals surface area contributed by atoms with Gasteiger partial charge < -0.3 is 13.7 Å². The van der Waals surface area contributed by atoms with Gasteiger partial charge in [0.15, 0.2) is 5.43 Å². The number of carbonyl (C=O) groups is 1. The molecule has 23 heavy (non-hydrogen) atoms. The van der Waals surface area contributed by atoms with Gasteiger partial charge in [-0.3, -0.25) is 4.79 Å². The summed E-state index contributed by atoms with van der Waals surface area (Å²) in [4.78, 5) is 23.6. The predicted octanol–water partition coefficient (Wildman–Crippen LogP) is 3.05. The molecule has 3 aromatic rings. The first-order chi connectivity index (χ1) is 11.0. The summed E-state index contributed by atoms with van der Waals surface area (Å²) < 4.78 is 12.1. The maximum Gasteiger partial charge on any atom is 0.373 e. The van der Waals surface area contributed by atoms with Gasteiger partial charge in [-0.05, 0) is 43.2 Å². The summed E-state index contributed by atoms with van der Waals surface area (Å²) in [5.74, 6) is 0.280. The summed E-state index contributed by atoms with van der Waals surface area (Å²) in [6.07, 6.45) is 1.74. The number of aryl methyl sites for hydroxylation is 2. The normalized spacial score (nSPS) is 10.9. The maximum atomic E-state index is 12.1. The molecule has 0 aliphatic heterocycles. The third-order valence-electron chi connectivity index (χ3n) is 3.80. The molecule has 2 aromatic heterocycles. The number of rotatable bonds is 3. The van der Waals surface area contributed by atoms with Gasteiger partial charge in [-0.1, -0.05) is 6.07 Å². The fourth-order valence-corrected chi connectivity index (χ4v) is 2.79. The van der Waals surface area contributed by atoms with Gasteiger partial charge in [0.05, 0.1) is 19.2 Å². The molecule has 0 aliphatic rings.